The maximum atomic E-state index is 12.8. The summed E-state index contributed by atoms with van der Waals surface area (Å²) in [5.74, 6) is 1.04. The van der Waals surface area contributed by atoms with Crippen LogP contribution in [0.1, 0.15) is 24.0 Å². The molecular weight excluding hydrogens is 364 g/mol. The molecule has 1 fully saturated rings. The third-order valence-electron chi connectivity index (χ3n) is 5.07. The Morgan fingerprint density at radius 2 is 2.11 bits per heavy atom. The molecule has 1 aromatic rings. The number of carbonyl (C=O) groups excluding carboxylic acids is 1. The van der Waals surface area contributed by atoms with Crippen LogP contribution in [0.2, 0.25) is 0 Å². The highest BCUT2D eigenvalue weighted by Gasteiger charge is 2.33. The van der Waals surface area contributed by atoms with Gasteiger partial charge in [0, 0.05) is 25.1 Å². The van der Waals surface area contributed by atoms with E-state index in [0.29, 0.717) is 19.6 Å². The number of nitrogens with zero attached hydrogens (tertiary/aromatic N) is 2. The average Bonchev–Trinajstić information content (AvgIpc) is 3.21. The van der Waals surface area contributed by atoms with Crippen molar-refractivity contribution >= 4 is 21.8 Å². The van der Waals surface area contributed by atoms with Gasteiger partial charge in [-0.05, 0) is 62.8 Å². The van der Waals surface area contributed by atoms with E-state index < -0.39 is 9.84 Å². The molecular formula is C20H28N2O4S. The number of hydrogen-bond donors (Lipinski definition) is 0. The van der Waals surface area contributed by atoms with Crippen molar-refractivity contribution in [2.45, 2.75) is 25.3 Å². The summed E-state index contributed by atoms with van der Waals surface area (Å²) in [5, 5.41) is 0. The molecule has 0 aliphatic carbocycles. The molecule has 6 nitrogen and oxygen atoms in total. The van der Waals surface area contributed by atoms with Crippen LogP contribution in [0.3, 0.4) is 0 Å². The minimum atomic E-state index is -3.03. The fourth-order valence-electron chi connectivity index (χ4n) is 3.62. The van der Waals surface area contributed by atoms with E-state index in [9.17, 15) is 13.2 Å². The van der Waals surface area contributed by atoms with Crippen molar-refractivity contribution < 1.29 is 17.9 Å². The van der Waals surface area contributed by atoms with Gasteiger partial charge in [-0.25, -0.2) is 8.42 Å². The number of amides is 1. The van der Waals surface area contributed by atoms with Gasteiger partial charge in [0.1, 0.15) is 5.75 Å². The predicted octanol–water partition coefficient (Wildman–Crippen LogP) is 1.60. The average molecular weight is 393 g/mol. The minimum absolute atomic E-state index is 0.0741. The summed E-state index contributed by atoms with van der Waals surface area (Å²) in [4.78, 5) is 16.6. The van der Waals surface area contributed by atoms with Gasteiger partial charge in [0.15, 0.2) is 9.84 Å². The van der Waals surface area contributed by atoms with Crippen molar-refractivity contribution in [1.82, 2.24) is 9.80 Å². The molecule has 1 saturated heterocycles. The van der Waals surface area contributed by atoms with E-state index in [1.807, 2.05) is 38.4 Å². The van der Waals surface area contributed by atoms with Crippen LogP contribution < -0.4 is 4.74 Å². The van der Waals surface area contributed by atoms with E-state index in [1.54, 1.807) is 11.0 Å². The van der Waals surface area contributed by atoms with Crippen LogP contribution in [0.4, 0.5) is 0 Å². The Labute approximate surface area is 161 Å². The van der Waals surface area contributed by atoms with Gasteiger partial charge in [0.25, 0.3) is 0 Å². The maximum absolute atomic E-state index is 12.8. The smallest absolute Gasteiger partial charge is 0.246 e. The second-order valence-corrected chi connectivity index (χ2v) is 9.77. The molecule has 0 saturated carbocycles. The number of rotatable bonds is 7. The lowest BCUT2D eigenvalue weighted by Gasteiger charge is -2.27. The van der Waals surface area contributed by atoms with Crippen LogP contribution in [-0.4, -0.2) is 75.5 Å². The molecule has 0 radical (unpaired) electrons. The van der Waals surface area contributed by atoms with Gasteiger partial charge >= 0.3 is 0 Å². The lowest BCUT2D eigenvalue weighted by atomic mass is 10.1. The van der Waals surface area contributed by atoms with Crippen LogP contribution in [0.15, 0.2) is 24.3 Å². The number of ether oxygens (including phenoxy) is 1. The summed E-state index contributed by atoms with van der Waals surface area (Å²) in [7, 11) is 0.948. The maximum Gasteiger partial charge on any atom is 0.246 e. The molecule has 2 heterocycles. The van der Waals surface area contributed by atoms with E-state index >= 15 is 0 Å². The first kappa shape index (κ1) is 19.9. The van der Waals surface area contributed by atoms with Gasteiger partial charge < -0.3 is 14.5 Å². The zero-order valence-corrected chi connectivity index (χ0v) is 16.9. The van der Waals surface area contributed by atoms with E-state index in [0.717, 1.165) is 36.3 Å². The molecule has 2 aliphatic heterocycles. The molecule has 0 spiro atoms. The first-order valence-electron chi connectivity index (χ1n) is 9.44. The Kier molecular flexibility index (Phi) is 6.22. The van der Waals surface area contributed by atoms with E-state index in [2.05, 4.69) is 4.90 Å². The zero-order chi connectivity index (χ0) is 19.4. The summed E-state index contributed by atoms with van der Waals surface area (Å²) < 4.78 is 29.2. The first-order valence-corrected chi connectivity index (χ1v) is 11.3. The van der Waals surface area contributed by atoms with Gasteiger partial charge in [0.2, 0.25) is 5.91 Å². The summed E-state index contributed by atoms with van der Waals surface area (Å²) in [5.41, 5.74) is 2.12. The fourth-order valence-corrected chi connectivity index (χ4v) is 5.36. The topological polar surface area (TPSA) is 66.9 Å². The van der Waals surface area contributed by atoms with Crippen molar-refractivity contribution in [3.05, 3.63) is 35.4 Å². The Bertz CT molecular complexity index is 817. The van der Waals surface area contributed by atoms with Crippen molar-refractivity contribution in [3.63, 3.8) is 0 Å². The third kappa shape index (κ3) is 5.32. The van der Waals surface area contributed by atoms with Crippen LogP contribution >= 0.6 is 0 Å². The second kappa shape index (κ2) is 8.44. The lowest BCUT2D eigenvalue weighted by molar-refractivity contribution is -0.127. The highest BCUT2D eigenvalue weighted by atomic mass is 32.2. The van der Waals surface area contributed by atoms with Crippen LogP contribution in [0, 0.1) is 0 Å². The summed E-state index contributed by atoms with van der Waals surface area (Å²) in [6.45, 7) is 2.13. The van der Waals surface area contributed by atoms with E-state index in [-0.39, 0.29) is 23.5 Å². The van der Waals surface area contributed by atoms with Gasteiger partial charge in [0.05, 0.1) is 18.1 Å². The molecule has 1 amide bonds. The molecule has 7 heteroatoms. The highest BCUT2D eigenvalue weighted by Crippen LogP contribution is 2.26. The molecule has 148 valence electrons. The molecule has 0 N–H and O–H groups in total. The van der Waals surface area contributed by atoms with E-state index in [1.165, 1.54) is 0 Å². The molecule has 1 unspecified atom stereocenters. The van der Waals surface area contributed by atoms with Crippen molar-refractivity contribution in [1.29, 1.82) is 0 Å². The third-order valence-corrected chi connectivity index (χ3v) is 6.82. The van der Waals surface area contributed by atoms with Crippen LogP contribution in [0.5, 0.6) is 5.75 Å². The molecule has 0 bridgehead atoms. The molecule has 1 aromatic carbocycles. The number of hydrogen-bond acceptors (Lipinski definition) is 5. The minimum Gasteiger partial charge on any atom is -0.493 e. The summed E-state index contributed by atoms with van der Waals surface area (Å²) in [6, 6.07) is 5.69. The Hall–Kier alpha value is -1.86. The Balaban J connectivity index is 1.69. The second-order valence-electron chi connectivity index (χ2n) is 7.54. The van der Waals surface area contributed by atoms with Gasteiger partial charge in [-0.3, -0.25) is 4.79 Å². The van der Waals surface area contributed by atoms with E-state index in [4.69, 9.17) is 4.74 Å². The first-order chi connectivity index (χ1) is 12.8. The lowest BCUT2D eigenvalue weighted by Crippen LogP contribution is -2.41. The van der Waals surface area contributed by atoms with Crippen molar-refractivity contribution in [3.8, 4) is 5.75 Å². The van der Waals surface area contributed by atoms with Crippen LogP contribution in [-0.2, 0) is 21.1 Å². The van der Waals surface area contributed by atoms with Crippen molar-refractivity contribution in [2.75, 3.05) is 45.3 Å². The number of benzene rings is 1. The molecule has 27 heavy (non-hydrogen) atoms. The number of carbonyl (C=O) groups is 1. The molecule has 1 atom stereocenters. The van der Waals surface area contributed by atoms with Crippen molar-refractivity contribution in [2.24, 2.45) is 0 Å². The Morgan fingerprint density at radius 3 is 2.81 bits per heavy atom. The SMILES string of the molecule is CN(C)CCCN(C(=O)/C=C/c1ccc2c(c1)CCO2)C1CCS(=O)(=O)C1. The highest BCUT2D eigenvalue weighted by molar-refractivity contribution is 7.91. The summed E-state index contributed by atoms with van der Waals surface area (Å²) in [6.07, 6.45) is 5.61. The number of sulfone groups is 1. The number of fused-ring (bicyclic) bond motifs is 1. The molecule has 2 aliphatic rings. The summed E-state index contributed by atoms with van der Waals surface area (Å²) >= 11 is 0. The normalized spacial score (nSPS) is 20.8. The largest absolute Gasteiger partial charge is 0.493 e. The zero-order valence-electron chi connectivity index (χ0n) is 16.1. The predicted molar refractivity (Wildman–Crippen MR) is 107 cm³/mol. The fraction of sp³-hybridized carbons (Fsp3) is 0.550. The van der Waals surface area contributed by atoms with Gasteiger partial charge in [-0.15, -0.1) is 0 Å². The van der Waals surface area contributed by atoms with Crippen LogP contribution in [0.25, 0.3) is 6.08 Å². The molecule has 0 aromatic heterocycles. The standard InChI is InChI=1S/C20H28N2O4S/c1-21(2)10-3-11-22(18-9-13-27(24,25)15-18)20(23)7-5-16-4-6-19-17(14-16)8-12-26-19/h4-7,14,18H,3,8-13,15H2,1-2H3/b7-5+. The van der Waals surface area contributed by atoms with Gasteiger partial charge in [-0.2, -0.15) is 0 Å². The monoisotopic (exact) mass is 392 g/mol. The van der Waals surface area contributed by atoms with Gasteiger partial charge in [-0.1, -0.05) is 6.07 Å². The molecule has 3 rings (SSSR count). The quantitative estimate of drug-likeness (QED) is 0.660. The Morgan fingerprint density at radius 1 is 1.30 bits per heavy atom.